The maximum Gasteiger partial charge on any atom is 0.416 e. The summed E-state index contributed by atoms with van der Waals surface area (Å²) in [5.74, 6) is 0.512. The molecule has 37 heavy (non-hydrogen) atoms. The second-order valence-electron chi connectivity index (χ2n) is 9.85. The summed E-state index contributed by atoms with van der Waals surface area (Å²) in [6, 6.07) is 10.5. The lowest BCUT2D eigenvalue weighted by Crippen LogP contribution is -2.39. The third-order valence-electron chi connectivity index (χ3n) is 6.60. The number of rotatable bonds is 10. The predicted octanol–water partition coefficient (Wildman–Crippen LogP) is 3.95. The van der Waals surface area contributed by atoms with Gasteiger partial charge >= 0.3 is 6.18 Å². The van der Waals surface area contributed by atoms with Crippen LogP contribution in [0.1, 0.15) is 34.3 Å². The molecule has 0 saturated heterocycles. The Kier molecular flexibility index (Phi) is 8.26. The first-order valence-electron chi connectivity index (χ1n) is 12.5. The summed E-state index contributed by atoms with van der Waals surface area (Å²) >= 11 is 0. The highest BCUT2D eigenvalue weighted by atomic mass is 19.4. The number of nitrogens with zero attached hydrogens (tertiary/aromatic N) is 3. The summed E-state index contributed by atoms with van der Waals surface area (Å²) < 4.78 is 46.5. The van der Waals surface area contributed by atoms with Crippen LogP contribution in [0.25, 0.3) is 0 Å². The Morgan fingerprint density at radius 2 is 1.86 bits per heavy atom. The second kappa shape index (κ2) is 11.4. The molecule has 0 unspecified atom stereocenters. The molecule has 2 amide bonds. The summed E-state index contributed by atoms with van der Waals surface area (Å²) in [5.41, 5.74) is 0.247. The Labute approximate surface area is 215 Å². The average molecular weight is 519 g/mol. The third-order valence-corrected chi connectivity index (χ3v) is 6.60. The van der Waals surface area contributed by atoms with E-state index < -0.39 is 11.7 Å². The maximum atomic E-state index is 13.5. The number of carbonyl (C=O) groups excluding carboxylic acids is 2. The van der Waals surface area contributed by atoms with Crippen molar-refractivity contribution >= 4 is 17.5 Å². The summed E-state index contributed by atoms with van der Waals surface area (Å²) in [5, 5.41) is 3.06. The van der Waals surface area contributed by atoms with E-state index in [0.717, 1.165) is 25.5 Å². The number of halogens is 3. The number of nitrogens with one attached hydrogen (secondary N) is 1. The van der Waals surface area contributed by atoms with E-state index in [1.807, 2.05) is 23.9 Å². The van der Waals surface area contributed by atoms with Crippen LogP contribution in [0.2, 0.25) is 0 Å². The molecule has 2 aliphatic rings. The van der Waals surface area contributed by atoms with Gasteiger partial charge in [0.2, 0.25) is 5.91 Å². The Morgan fingerprint density at radius 3 is 2.57 bits per heavy atom. The Bertz CT molecular complexity index is 1120. The lowest BCUT2D eigenvalue weighted by atomic mass is 10.1. The molecule has 1 aliphatic heterocycles. The topological polar surface area (TPSA) is 65.1 Å². The van der Waals surface area contributed by atoms with Crippen molar-refractivity contribution in [3.63, 3.8) is 0 Å². The molecule has 1 saturated carbocycles. The van der Waals surface area contributed by atoms with Crippen molar-refractivity contribution in [2.45, 2.75) is 25.6 Å². The van der Waals surface area contributed by atoms with Crippen molar-refractivity contribution in [1.82, 2.24) is 14.7 Å². The van der Waals surface area contributed by atoms with Crippen LogP contribution >= 0.6 is 0 Å². The zero-order valence-electron chi connectivity index (χ0n) is 21.2. The van der Waals surface area contributed by atoms with E-state index in [1.54, 1.807) is 18.2 Å². The summed E-state index contributed by atoms with van der Waals surface area (Å²) in [6.07, 6.45) is -2.23. The normalized spacial score (nSPS) is 15.7. The van der Waals surface area contributed by atoms with Gasteiger partial charge in [-0.05, 0) is 56.6 Å². The largest absolute Gasteiger partial charge is 0.489 e. The average Bonchev–Trinajstić information content (AvgIpc) is 3.69. The number of fused-ring (bicyclic) bond motifs is 1. The molecule has 2 aromatic carbocycles. The van der Waals surface area contributed by atoms with Gasteiger partial charge in [0.15, 0.2) is 5.75 Å². The number of alkyl halides is 3. The smallest absolute Gasteiger partial charge is 0.416 e. The summed E-state index contributed by atoms with van der Waals surface area (Å²) in [6.45, 7) is 2.01. The fourth-order valence-corrected chi connectivity index (χ4v) is 4.35. The molecule has 0 spiro atoms. The first-order chi connectivity index (χ1) is 17.6. The van der Waals surface area contributed by atoms with E-state index in [1.165, 1.54) is 23.1 Å². The number of para-hydroxylation sites is 1. The molecule has 1 N–H and O–H groups in total. The number of hydrogen-bond donors (Lipinski definition) is 1. The molecule has 4 rings (SSSR count). The van der Waals surface area contributed by atoms with Crippen molar-refractivity contribution in [3.8, 4) is 5.75 Å². The van der Waals surface area contributed by atoms with Crippen LogP contribution in [0, 0.1) is 5.92 Å². The lowest BCUT2D eigenvalue weighted by molar-refractivity contribution is -0.139. The molecule has 200 valence electrons. The van der Waals surface area contributed by atoms with Crippen LogP contribution in [0.15, 0.2) is 42.5 Å². The fraction of sp³-hybridized carbons (Fsp3) is 0.481. The molecule has 7 nitrogen and oxygen atoms in total. The predicted molar refractivity (Wildman–Crippen MR) is 134 cm³/mol. The highest BCUT2D eigenvalue weighted by molar-refractivity contribution is 5.99. The minimum atomic E-state index is -4.51. The molecule has 1 aliphatic carbocycles. The molecule has 1 heterocycles. The lowest BCUT2D eigenvalue weighted by Gasteiger charge is -2.26. The standard InChI is InChI=1S/C27H33F3N4O3/c1-32(2)12-13-33(18-20-6-3-4-8-22(20)27(28,29)30)24(35)16-31-23-9-5-7-21-25(23)37-15-14-34(26(21)36)17-19-10-11-19/h3-9,19,31H,10-18H2,1-2H3. The van der Waals surface area contributed by atoms with Crippen molar-refractivity contribution in [2.75, 3.05) is 58.7 Å². The number of ether oxygens (including phenoxy) is 1. The Balaban J connectivity index is 1.49. The molecule has 2 aromatic rings. The molecule has 0 atom stereocenters. The van der Waals surface area contributed by atoms with Crippen LogP contribution in [0.5, 0.6) is 5.75 Å². The van der Waals surface area contributed by atoms with Crippen LogP contribution in [-0.4, -0.2) is 79.9 Å². The second-order valence-corrected chi connectivity index (χ2v) is 9.85. The molecule has 1 fully saturated rings. The molecule has 10 heteroatoms. The van der Waals surface area contributed by atoms with Gasteiger partial charge in [-0.1, -0.05) is 24.3 Å². The number of benzene rings is 2. The van der Waals surface area contributed by atoms with E-state index in [0.29, 0.717) is 42.6 Å². The van der Waals surface area contributed by atoms with Crippen LogP contribution in [-0.2, 0) is 17.5 Å². The van der Waals surface area contributed by atoms with Crippen molar-refractivity contribution < 1.29 is 27.5 Å². The van der Waals surface area contributed by atoms with Crippen molar-refractivity contribution in [3.05, 3.63) is 59.2 Å². The van der Waals surface area contributed by atoms with Crippen LogP contribution < -0.4 is 10.1 Å². The Morgan fingerprint density at radius 1 is 1.11 bits per heavy atom. The highest BCUT2D eigenvalue weighted by Crippen LogP contribution is 2.35. The zero-order chi connectivity index (χ0) is 26.6. The van der Waals surface area contributed by atoms with E-state index in [4.69, 9.17) is 4.74 Å². The first kappa shape index (κ1) is 26.8. The highest BCUT2D eigenvalue weighted by Gasteiger charge is 2.34. The Hall–Kier alpha value is -3.27. The summed E-state index contributed by atoms with van der Waals surface area (Å²) in [7, 11) is 3.68. The van der Waals surface area contributed by atoms with Gasteiger partial charge in [0, 0.05) is 26.2 Å². The van der Waals surface area contributed by atoms with Crippen molar-refractivity contribution in [2.24, 2.45) is 5.92 Å². The van der Waals surface area contributed by atoms with Gasteiger partial charge in [0.25, 0.3) is 5.91 Å². The number of carbonyl (C=O) groups is 2. The monoisotopic (exact) mass is 518 g/mol. The number of anilines is 1. The van der Waals surface area contributed by atoms with E-state index in [9.17, 15) is 22.8 Å². The van der Waals surface area contributed by atoms with Gasteiger partial charge < -0.3 is 24.8 Å². The molecule has 0 aromatic heterocycles. The minimum Gasteiger partial charge on any atom is -0.489 e. The van der Waals surface area contributed by atoms with Crippen molar-refractivity contribution in [1.29, 1.82) is 0 Å². The minimum absolute atomic E-state index is 0.0420. The van der Waals surface area contributed by atoms with E-state index in [-0.39, 0.29) is 37.0 Å². The quantitative estimate of drug-likeness (QED) is 0.516. The fourth-order valence-electron chi connectivity index (χ4n) is 4.35. The molecular weight excluding hydrogens is 485 g/mol. The summed E-state index contributed by atoms with van der Waals surface area (Å²) in [4.78, 5) is 31.4. The van der Waals surface area contributed by atoms with Gasteiger partial charge in [-0.25, -0.2) is 0 Å². The van der Waals surface area contributed by atoms with E-state index >= 15 is 0 Å². The zero-order valence-corrected chi connectivity index (χ0v) is 21.2. The van der Waals surface area contributed by atoms with Gasteiger partial charge in [0.05, 0.1) is 29.9 Å². The van der Waals surface area contributed by atoms with Gasteiger partial charge in [-0.2, -0.15) is 13.2 Å². The number of likely N-dealkylation sites (N-methyl/N-ethyl adjacent to an activating group) is 1. The van der Waals surface area contributed by atoms with E-state index in [2.05, 4.69) is 5.32 Å². The third kappa shape index (κ3) is 6.94. The molecule has 0 bridgehead atoms. The van der Waals surface area contributed by atoms with Crippen LogP contribution in [0.4, 0.5) is 18.9 Å². The van der Waals surface area contributed by atoms with Gasteiger partial charge in [-0.15, -0.1) is 0 Å². The molecular formula is C27H33F3N4O3. The maximum absolute atomic E-state index is 13.5. The van der Waals surface area contributed by atoms with Gasteiger partial charge in [0.1, 0.15) is 6.61 Å². The van der Waals surface area contributed by atoms with Gasteiger partial charge in [-0.3, -0.25) is 9.59 Å². The SMILES string of the molecule is CN(C)CCN(Cc1ccccc1C(F)(F)F)C(=O)CNc1cccc2c1OCCN(CC1CC1)C2=O. The molecule has 0 radical (unpaired) electrons. The van der Waals surface area contributed by atoms with Crippen LogP contribution in [0.3, 0.4) is 0 Å². The number of hydrogen-bond acceptors (Lipinski definition) is 5. The first-order valence-corrected chi connectivity index (χ1v) is 12.5. The number of amides is 2.